The van der Waals surface area contributed by atoms with Gasteiger partial charge in [0.05, 0.1) is 5.69 Å². The molecular weight excluding hydrogens is 296 g/mol. The normalized spacial score (nSPS) is 12.4. The largest absolute Gasteiger partial charge is 0.363 e. The number of rotatable bonds is 3. The Hall–Kier alpha value is -1.93. The lowest BCUT2D eigenvalue weighted by Crippen LogP contribution is -2.80. The third-order valence-electron chi connectivity index (χ3n) is 2.44. The molecule has 1 heterocycles. The van der Waals surface area contributed by atoms with Crippen LogP contribution >= 0.6 is 11.3 Å². The van der Waals surface area contributed by atoms with Crippen molar-refractivity contribution in [3.8, 4) is 0 Å². The molecule has 4 N–H and O–H groups in total. The first-order valence-electron chi connectivity index (χ1n) is 5.78. The molecular formula is C12H15N4O2S2+. The number of anilines is 1. The first-order valence-corrected chi connectivity index (χ1v) is 8.14. The molecule has 0 atom stereocenters. The number of hydrogen-bond donors (Lipinski definition) is 3. The van der Waals surface area contributed by atoms with Gasteiger partial charge in [-0.1, -0.05) is 29.0 Å². The summed E-state index contributed by atoms with van der Waals surface area (Å²) < 4.78 is 26.4. The molecule has 2 rings (SSSR count). The molecule has 0 saturated heterocycles. The van der Waals surface area contributed by atoms with Gasteiger partial charge in [-0.05, 0) is 26.0 Å². The minimum Gasteiger partial charge on any atom is -0.290 e. The van der Waals surface area contributed by atoms with Crippen LogP contribution in [0.1, 0.15) is 11.3 Å². The lowest BCUT2D eigenvalue weighted by atomic mass is 10.2. The molecule has 2 aromatic rings. The number of thiazole rings is 1. The quantitative estimate of drug-likeness (QED) is 0.545. The van der Waals surface area contributed by atoms with Gasteiger partial charge < -0.3 is 0 Å². The van der Waals surface area contributed by atoms with E-state index in [-0.39, 0.29) is 10.9 Å². The molecule has 0 radical (unpaired) electrons. The highest BCUT2D eigenvalue weighted by molar-refractivity contribution is 7.84. The summed E-state index contributed by atoms with van der Waals surface area (Å²) in [5, 5.41) is 5.08. The first-order chi connectivity index (χ1) is 9.37. The Morgan fingerprint density at radius 2 is 1.95 bits per heavy atom. The Bertz CT molecular complexity index is 733. The van der Waals surface area contributed by atoms with Gasteiger partial charge in [0.2, 0.25) is 5.13 Å². The maximum absolute atomic E-state index is 12.1. The summed E-state index contributed by atoms with van der Waals surface area (Å²) in [6, 6.07) is 6.50. The van der Waals surface area contributed by atoms with Crippen LogP contribution in [-0.4, -0.2) is 19.4 Å². The van der Waals surface area contributed by atoms with Crippen LogP contribution < -0.4 is 15.4 Å². The van der Waals surface area contributed by atoms with E-state index < -0.39 is 10.0 Å². The number of benzene rings is 1. The average Bonchev–Trinajstić information content (AvgIpc) is 2.74. The van der Waals surface area contributed by atoms with E-state index in [1.54, 1.807) is 12.1 Å². The van der Waals surface area contributed by atoms with E-state index in [0.717, 1.165) is 11.3 Å². The van der Waals surface area contributed by atoms with Gasteiger partial charge in [0.1, 0.15) is 4.90 Å². The molecule has 0 bridgehead atoms. The van der Waals surface area contributed by atoms with Gasteiger partial charge in [-0.15, -0.1) is 0 Å². The number of hydrogen-bond acceptors (Lipinski definition) is 4. The van der Waals surface area contributed by atoms with Crippen LogP contribution in [-0.2, 0) is 10.0 Å². The summed E-state index contributed by atoms with van der Waals surface area (Å²) in [6.45, 7) is 3.73. The number of aromatic nitrogens is 1. The van der Waals surface area contributed by atoms with Gasteiger partial charge in [-0.3, -0.25) is 5.73 Å². The molecule has 0 aliphatic heterocycles. The molecule has 0 aliphatic rings. The Balaban J connectivity index is 2.21. The summed E-state index contributed by atoms with van der Waals surface area (Å²) in [6.07, 6.45) is 0. The highest BCUT2D eigenvalue weighted by atomic mass is 32.2. The van der Waals surface area contributed by atoms with Crippen LogP contribution in [0.5, 0.6) is 0 Å². The summed E-state index contributed by atoms with van der Waals surface area (Å²) in [5.74, 6) is -0.0834. The second kappa shape index (κ2) is 5.59. The van der Waals surface area contributed by atoms with Crippen molar-refractivity contribution in [3.05, 3.63) is 40.9 Å². The number of aryl methyl sites for hydroxylation is 2. The second-order valence-electron chi connectivity index (χ2n) is 4.25. The van der Waals surface area contributed by atoms with Crippen LogP contribution in [0.15, 0.2) is 34.5 Å². The van der Waals surface area contributed by atoms with Gasteiger partial charge in [0.15, 0.2) is 0 Å². The lowest BCUT2D eigenvalue weighted by Gasteiger charge is -1.99. The molecule has 6 nitrogen and oxygen atoms in total. The predicted octanol–water partition coefficient (Wildman–Crippen LogP) is -0.0440. The fourth-order valence-electron chi connectivity index (χ4n) is 1.47. The molecule has 0 amide bonds. The third-order valence-corrected chi connectivity index (χ3v) is 4.69. The SMILES string of the molecule is Cc1ccc(S(=O)(=O)[NH+]=C(N)Nc2nc(C)cs2)cc1. The minimum absolute atomic E-state index is 0.0834. The lowest BCUT2D eigenvalue weighted by molar-refractivity contribution is -0.268. The minimum atomic E-state index is -3.69. The molecule has 106 valence electrons. The van der Waals surface area contributed by atoms with Crippen molar-refractivity contribution in [2.24, 2.45) is 5.73 Å². The van der Waals surface area contributed by atoms with E-state index in [1.165, 1.54) is 23.5 Å². The van der Waals surface area contributed by atoms with E-state index >= 15 is 0 Å². The van der Waals surface area contributed by atoms with Crippen molar-refractivity contribution in [3.63, 3.8) is 0 Å². The molecule has 0 saturated carbocycles. The van der Waals surface area contributed by atoms with E-state index in [9.17, 15) is 8.42 Å². The Kier molecular flexibility index (Phi) is 4.05. The highest BCUT2D eigenvalue weighted by Gasteiger charge is 2.16. The van der Waals surface area contributed by atoms with Crippen molar-refractivity contribution >= 4 is 32.5 Å². The molecule has 0 unspecified atom stereocenters. The van der Waals surface area contributed by atoms with Crippen molar-refractivity contribution in [2.75, 3.05) is 5.32 Å². The number of nitrogens with zero attached hydrogens (tertiary/aromatic N) is 1. The number of guanidine groups is 1. The van der Waals surface area contributed by atoms with Crippen LogP contribution in [0.2, 0.25) is 0 Å². The van der Waals surface area contributed by atoms with Gasteiger partial charge in [0, 0.05) is 5.38 Å². The molecule has 0 fully saturated rings. The topological polar surface area (TPSA) is 99.0 Å². The summed E-state index contributed by atoms with van der Waals surface area (Å²) >= 11 is 1.34. The molecule has 0 aliphatic carbocycles. The third kappa shape index (κ3) is 3.55. The van der Waals surface area contributed by atoms with Crippen LogP contribution in [0, 0.1) is 13.8 Å². The van der Waals surface area contributed by atoms with Gasteiger partial charge >= 0.3 is 16.0 Å². The fourth-order valence-corrected chi connectivity index (χ4v) is 3.13. The summed E-state index contributed by atoms with van der Waals surface area (Å²) in [5.41, 5.74) is 7.47. The van der Waals surface area contributed by atoms with E-state index in [4.69, 9.17) is 5.73 Å². The van der Waals surface area contributed by atoms with E-state index in [1.807, 2.05) is 19.2 Å². The number of nitrogens with two attached hydrogens (primary N) is 1. The second-order valence-corrected chi connectivity index (χ2v) is 6.79. The molecule has 8 heteroatoms. The predicted molar refractivity (Wildman–Crippen MR) is 79.0 cm³/mol. The van der Waals surface area contributed by atoms with Crippen molar-refractivity contribution in [2.45, 2.75) is 18.7 Å². The average molecular weight is 311 g/mol. The maximum atomic E-state index is 12.1. The summed E-state index contributed by atoms with van der Waals surface area (Å²) in [4.78, 5) is 4.29. The van der Waals surface area contributed by atoms with Gasteiger partial charge in [-0.25, -0.2) is 10.3 Å². The Morgan fingerprint density at radius 1 is 1.30 bits per heavy atom. The fraction of sp³-hybridized carbons (Fsp3) is 0.167. The standard InChI is InChI=1S/C12H14N4O2S2/c1-8-3-5-10(6-4-8)20(17,18)16-11(13)15-12-14-9(2)7-19-12/h3-7H,1-2H3,(H3,13,14,15,16)/p+1. The van der Waals surface area contributed by atoms with E-state index in [2.05, 4.69) is 14.7 Å². The molecule has 0 spiro atoms. The zero-order valence-corrected chi connectivity index (χ0v) is 12.7. The highest BCUT2D eigenvalue weighted by Crippen LogP contribution is 2.13. The van der Waals surface area contributed by atoms with Crippen LogP contribution in [0.4, 0.5) is 5.13 Å². The van der Waals surface area contributed by atoms with Crippen molar-refractivity contribution in [1.29, 1.82) is 0 Å². The zero-order chi connectivity index (χ0) is 14.8. The Labute approximate surface area is 121 Å². The zero-order valence-electron chi connectivity index (χ0n) is 11.0. The number of sulfonamides is 1. The maximum Gasteiger partial charge on any atom is 0.363 e. The van der Waals surface area contributed by atoms with Crippen LogP contribution in [0.3, 0.4) is 0 Å². The van der Waals surface area contributed by atoms with Crippen molar-refractivity contribution < 1.29 is 12.8 Å². The monoisotopic (exact) mass is 311 g/mol. The van der Waals surface area contributed by atoms with Gasteiger partial charge in [-0.2, -0.15) is 12.8 Å². The number of nitrogens with one attached hydrogen (secondary N) is 2. The first kappa shape index (κ1) is 14.5. The van der Waals surface area contributed by atoms with Gasteiger partial charge in [0.25, 0.3) is 0 Å². The summed E-state index contributed by atoms with van der Waals surface area (Å²) in [7, 11) is -3.69. The van der Waals surface area contributed by atoms with Crippen LogP contribution in [0.25, 0.3) is 0 Å². The molecule has 1 aromatic heterocycles. The Morgan fingerprint density at radius 3 is 2.50 bits per heavy atom. The smallest absolute Gasteiger partial charge is 0.290 e. The van der Waals surface area contributed by atoms with Crippen molar-refractivity contribution in [1.82, 2.24) is 4.98 Å². The molecule has 20 heavy (non-hydrogen) atoms. The van der Waals surface area contributed by atoms with E-state index in [0.29, 0.717) is 5.13 Å². The molecule has 1 aromatic carbocycles.